The van der Waals surface area contributed by atoms with Gasteiger partial charge in [-0.1, -0.05) is 5.16 Å². The van der Waals surface area contributed by atoms with Crippen LogP contribution in [0.1, 0.15) is 24.2 Å². The van der Waals surface area contributed by atoms with Crippen LogP contribution < -0.4 is 5.73 Å². The van der Waals surface area contributed by atoms with E-state index >= 15 is 0 Å². The topological polar surface area (TPSA) is 64.9 Å². The molecule has 1 fully saturated rings. The second-order valence-corrected chi connectivity index (χ2v) is 4.73. The zero-order valence-electron chi connectivity index (χ0n) is 9.81. The van der Waals surface area contributed by atoms with Crippen LogP contribution in [0.2, 0.25) is 0 Å². The monoisotopic (exact) mass is 229 g/mol. The lowest BCUT2D eigenvalue weighted by atomic mass is 10.1. The molecule has 0 atom stereocenters. The average molecular weight is 229 g/mol. The van der Waals surface area contributed by atoms with Gasteiger partial charge in [0.05, 0.1) is 0 Å². The number of nitrogens with zero attached hydrogens (tertiary/aromatic N) is 2. The van der Waals surface area contributed by atoms with Crippen LogP contribution in [-0.4, -0.2) is 10.1 Å². The third-order valence-corrected chi connectivity index (χ3v) is 3.15. The van der Waals surface area contributed by atoms with E-state index in [4.69, 9.17) is 10.3 Å². The molecule has 1 aromatic carbocycles. The fraction of sp³-hybridized carbons (Fsp3) is 0.385. The molecule has 1 heterocycles. The van der Waals surface area contributed by atoms with Crippen LogP contribution in [0.25, 0.3) is 11.5 Å². The lowest BCUT2D eigenvalue weighted by Gasteiger charge is -2.00. The molecule has 0 aliphatic heterocycles. The number of hydrogen-bond donors (Lipinski definition) is 1. The lowest BCUT2D eigenvalue weighted by Crippen LogP contribution is -1.91. The molecular weight excluding hydrogens is 214 g/mol. The van der Waals surface area contributed by atoms with Gasteiger partial charge in [-0.15, -0.1) is 0 Å². The molecule has 0 bridgehead atoms. The number of aryl methyl sites for hydroxylation is 1. The average Bonchev–Trinajstić information content (AvgIpc) is 2.99. The molecule has 17 heavy (non-hydrogen) atoms. The van der Waals surface area contributed by atoms with E-state index in [1.54, 1.807) is 0 Å². The van der Waals surface area contributed by atoms with E-state index in [9.17, 15) is 0 Å². The minimum absolute atomic E-state index is 0.587. The summed E-state index contributed by atoms with van der Waals surface area (Å²) in [5.74, 6) is 2.18. The smallest absolute Gasteiger partial charge is 0.257 e. The maximum Gasteiger partial charge on any atom is 0.257 e. The Morgan fingerprint density at radius 2 is 2.24 bits per heavy atom. The van der Waals surface area contributed by atoms with Crippen LogP contribution in [0.5, 0.6) is 0 Å². The molecule has 0 spiro atoms. The van der Waals surface area contributed by atoms with E-state index in [0.29, 0.717) is 5.89 Å². The second-order valence-electron chi connectivity index (χ2n) is 4.73. The highest BCUT2D eigenvalue weighted by molar-refractivity contribution is 5.60. The third kappa shape index (κ3) is 2.16. The van der Waals surface area contributed by atoms with Gasteiger partial charge in [0.15, 0.2) is 5.82 Å². The summed E-state index contributed by atoms with van der Waals surface area (Å²) in [4.78, 5) is 4.41. The van der Waals surface area contributed by atoms with Gasteiger partial charge in [-0.2, -0.15) is 4.98 Å². The fourth-order valence-electron chi connectivity index (χ4n) is 1.84. The molecule has 2 N–H and O–H groups in total. The quantitative estimate of drug-likeness (QED) is 0.821. The Morgan fingerprint density at radius 3 is 2.94 bits per heavy atom. The summed E-state index contributed by atoms with van der Waals surface area (Å²) in [6.45, 7) is 1.97. The zero-order chi connectivity index (χ0) is 11.8. The largest absolute Gasteiger partial charge is 0.399 e. The predicted molar refractivity (Wildman–Crippen MR) is 65.3 cm³/mol. The Hall–Kier alpha value is -1.84. The third-order valence-electron chi connectivity index (χ3n) is 3.15. The number of aromatic nitrogens is 2. The van der Waals surface area contributed by atoms with Crippen molar-refractivity contribution in [2.45, 2.75) is 26.2 Å². The number of benzene rings is 1. The fourth-order valence-corrected chi connectivity index (χ4v) is 1.84. The minimum atomic E-state index is 0.587. The molecule has 0 saturated heterocycles. The van der Waals surface area contributed by atoms with Crippen molar-refractivity contribution in [1.29, 1.82) is 0 Å². The first-order valence-electron chi connectivity index (χ1n) is 5.91. The van der Waals surface area contributed by atoms with Gasteiger partial charge in [-0.05, 0) is 49.4 Å². The summed E-state index contributed by atoms with van der Waals surface area (Å²) in [7, 11) is 0. The van der Waals surface area contributed by atoms with E-state index < -0.39 is 0 Å². The summed E-state index contributed by atoms with van der Waals surface area (Å²) in [5, 5.41) is 4.01. The molecule has 4 heteroatoms. The van der Waals surface area contributed by atoms with E-state index in [2.05, 4.69) is 10.1 Å². The molecule has 1 aliphatic carbocycles. The number of rotatable bonds is 3. The van der Waals surface area contributed by atoms with Crippen molar-refractivity contribution in [3.05, 3.63) is 29.6 Å². The van der Waals surface area contributed by atoms with Gasteiger partial charge in [0.25, 0.3) is 5.89 Å². The van der Waals surface area contributed by atoms with Gasteiger partial charge in [0.1, 0.15) is 0 Å². The zero-order valence-corrected chi connectivity index (χ0v) is 9.81. The molecule has 0 radical (unpaired) electrons. The Labute approximate surface area is 99.8 Å². The van der Waals surface area contributed by atoms with Crippen LogP contribution in [0.3, 0.4) is 0 Å². The summed E-state index contributed by atoms with van der Waals surface area (Å²) < 4.78 is 5.27. The van der Waals surface area contributed by atoms with Crippen molar-refractivity contribution in [3.8, 4) is 11.5 Å². The second kappa shape index (κ2) is 3.87. The molecule has 1 aliphatic rings. The SMILES string of the molecule is Cc1cc(-c2nc(CC3CC3)no2)ccc1N. The maximum absolute atomic E-state index is 5.78. The summed E-state index contributed by atoms with van der Waals surface area (Å²) in [6.07, 6.45) is 3.53. The van der Waals surface area contributed by atoms with Crippen molar-refractivity contribution in [3.63, 3.8) is 0 Å². The summed E-state index contributed by atoms with van der Waals surface area (Å²) in [5.41, 5.74) is 8.53. The van der Waals surface area contributed by atoms with Crippen LogP contribution in [-0.2, 0) is 6.42 Å². The van der Waals surface area contributed by atoms with Crippen molar-refractivity contribution in [2.24, 2.45) is 5.92 Å². The van der Waals surface area contributed by atoms with Gasteiger partial charge in [-0.3, -0.25) is 0 Å². The van der Waals surface area contributed by atoms with Crippen LogP contribution in [0, 0.1) is 12.8 Å². The molecule has 1 aromatic heterocycles. The normalized spacial score (nSPS) is 15.1. The van der Waals surface area contributed by atoms with Gasteiger partial charge in [0.2, 0.25) is 0 Å². The maximum atomic E-state index is 5.78. The van der Waals surface area contributed by atoms with E-state index in [0.717, 1.165) is 35.0 Å². The van der Waals surface area contributed by atoms with E-state index in [1.165, 1.54) is 12.8 Å². The molecular formula is C13H15N3O. The number of nitrogen functional groups attached to an aromatic ring is 1. The Balaban J connectivity index is 1.86. The lowest BCUT2D eigenvalue weighted by molar-refractivity contribution is 0.421. The first-order chi connectivity index (χ1) is 8.22. The first kappa shape index (κ1) is 10.3. The van der Waals surface area contributed by atoms with Gasteiger partial charge in [-0.25, -0.2) is 0 Å². The Kier molecular flexibility index (Phi) is 2.35. The molecule has 1 saturated carbocycles. The highest BCUT2D eigenvalue weighted by Crippen LogP contribution is 2.32. The highest BCUT2D eigenvalue weighted by atomic mass is 16.5. The van der Waals surface area contributed by atoms with Gasteiger partial charge < -0.3 is 10.3 Å². The van der Waals surface area contributed by atoms with Crippen molar-refractivity contribution in [2.75, 3.05) is 5.73 Å². The Morgan fingerprint density at radius 1 is 1.41 bits per heavy atom. The molecule has 0 unspecified atom stereocenters. The minimum Gasteiger partial charge on any atom is -0.399 e. The number of nitrogens with two attached hydrogens (primary N) is 1. The van der Waals surface area contributed by atoms with Crippen molar-refractivity contribution in [1.82, 2.24) is 10.1 Å². The summed E-state index contributed by atoms with van der Waals surface area (Å²) in [6, 6.07) is 5.76. The van der Waals surface area contributed by atoms with E-state index in [-0.39, 0.29) is 0 Å². The van der Waals surface area contributed by atoms with Gasteiger partial charge >= 0.3 is 0 Å². The van der Waals surface area contributed by atoms with Crippen LogP contribution in [0.15, 0.2) is 22.7 Å². The van der Waals surface area contributed by atoms with Gasteiger partial charge in [0, 0.05) is 17.7 Å². The van der Waals surface area contributed by atoms with E-state index in [1.807, 2.05) is 25.1 Å². The number of anilines is 1. The molecule has 88 valence electrons. The molecule has 2 aromatic rings. The highest BCUT2D eigenvalue weighted by Gasteiger charge is 2.24. The first-order valence-corrected chi connectivity index (χ1v) is 5.91. The molecule has 3 rings (SSSR count). The van der Waals surface area contributed by atoms with Crippen LogP contribution in [0.4, 0.5) is 5.69 Å². The summed E-state index contributed by atoms with van der Waals surface area (Å²) >= 11 is 0. The van der Waals surface area contributed by atoms with Crippen LogP contribution >= 0.6 is 0 Å². The Bertz CT molecular complexity index is 543. The predicted octanol–water partition coefficient (Wildman–Crippen LogP) is 2.58. The number of hydrogen-bond acceptors (Lipinski definition) is 4. The molecule has 0 amide bonds. The standard InChI is InChI=1S/C13H15N3O/c1-8-6-10(4-5-11(8)14)13-15-12(16-17-13)7-9-2-3-9/h4-6,9H,2-3,7,14H2,1H3. The van der Waals surface area contributed by atoms with Crippen molar-refractivity contribution >= 4 is 5.69 Å². The molecule has 4 nitrogen and oxygen atoms in total. The van der Waals surface area contributed by atoms with Crippen molar-refractivity contribution < 1.29 is 4.52 Å².